The molecule has 1 aliphatic heterocycles. The molecule has 1 atom stereocenters. The van der Waals surface area contributed by atoms with E-state index in [1.54, 1.807) is 19.1 Å². The van der Waals surface area contributed by atoms with Crippen LogP contribution in [0.25, 0.3) is 0 Å². The molecule has 0 aromatic heterocycles. The second-order valence-corrected chi connectivity index (χ2v) is 7.39. The number of hydrogen-bond acceptors (Lipinski definition) is 4. The Morgan fingerprint density at radius 1 is 1.24 bits per heavy atom. The molecule has 0 saturated heterocycles. The molecular weight excluding hydrogens is 352 g/mol. The summed E-state index contributed by atoms with van der Waals surface area (Å²) in [7, 11) is -4.12. The van der Waals surface area contributed by atoms with Gasteiger partial charge >= 0.3 is 0 Å². The monoisotopic (exact) mass is 369 g/mol. The van der Waals surface area contributed by atoms with Crippen LogP contribution in [0, 0.1) is 11.6 Å². The predicted octanol–water partition coefficient (Wildman–Crippen LogP) is 3.49. The second kappa shape index (κ2) is 6.51. The lowest BCUT2D eigenvalue weighted by atomic mass is 10.1. The minimum Gasteiger partial charge on any atom is -0.492 e. The Balaban J connectivity index is 1.98. The molecule has 0 fully saturated rings. The van der Waals surface area contributed by atoms with Gasteiger partial charge in [0.15, 0.2) is 11.6 Å². The van der Waals surface area contributed by atoms with Gasteiger partial charge in [-0.05, 0) is 38.1 Å². The van der Waals surface area contributed by atoms with Crippen LogP contribution in [0.3, 0.4) is 0 Å². The normalized spacial score (nSPS) is 16.2. The average Bonchev–Trinajstić information content (AvgIpc) is 2.89. The van der Waals surface area contributed by atoms with Gasteiger partial charge in [-0.2, -0.15) is 0 Å². The summed E-state index contributed by atoms with van der Waals surface area (Å²) in [6, 6.07) is 5.66. The van der Waals surface area contributed by atoms with Gasteiger partial charge in [0, 0.05) is 18.1 Å². The number of sulfonamides is 1. The highest BCUT2D eigenvalue weighted by atomic mass is 32.2. The molecule has 25 heavy (non-hydrogen) atoms. The summed E-state index contributed by atoms with van der Waals surface area (Å²) in [5.74, 6) is -1.43. The fourth-order valence-electron chi connectivity index (χ4n) is 2.64. The van der Waals surface area contributed by atoms with Crippen molar-refractivity contribution in [2.24, 2.45) is 0 Å². The van der Waals surface area contributed by atoms with E-state index >= 15 is 0 Å². The molecule has 1 aliphatic rings. The summed E-state index contributed by atoms with van der Waals surface area (Å²) >= 11 is 0. The standard InChI is InChI=1S/C17H17F2NO4S/c1-3-23-17-7-11-6-10(2)24-16(11)9-15(17)20-25(21,22)12-4-5-13(18)14(19)8-12/h4-5,7-10,20H,3,6H2,1-2H3/t10-/m0/s1. The van der Waals surface area contributed by atoms with E-state index in [2.05, 4.69) is 4.72 Å². The van der Waals surface area contributed by atoms with Gasteiger partial charge in [-0.25, -0.2) is 17.2 Å². The lowest BCUT2D eigenvalue weighted by Crippen LogP contribution is -2.14. The fraction of sp³-hybridized carbons (Fsp3) is 0.294. The van der Waals surface area contributed by atoms with Crippen LogP contribution < -0.4 is 14.2 Å². The topological polar surface area (TPSA) is 64.6 Å². The first-order valence-electron chi connectivity index (χ1n) is 7.74. The fourth-order valence-corrected chi connectivity index (χ4v) is 3.71. The Morgan fingerprint density at radius 3 is 2.68 bits per heavy atom. The Labute approximate surface area is 144 Å². The zero-order chi connectivity index (χ0) is 18.2. The quantitative estimate of drug-likeness (QED) is 0.876. The molecule has 0 radical (unpaired) electrons. The summed E-state index contributed by atoms with van der Waals surface area (Å²) < 4.78 is 64.9. The van der Waals surface area contributed by atoms with Crippen LogP contribution in [0.15, 0.2) is 35.2 Å². The highest BCUT2D eigenvalue weighted by Gasteiger charge is 2.24. The minimum atomic E-state index is -4.12. The van der Waals surface area contributed by atoms with Gasteiger partial charge in [0.1, 0.15) is 17.6 Å². The molecule has 5 nitrogen and oxygen atoms in total. The molecule has 0 aliphatic carbocycles. The number of rotatable bonds is 5. The van der Waals surface area contributed by atoms with Crippen LogP contribution in [0.1, 0.15) is 19.4 Å². The van der Waals surface area contributed by atoms with Crippen LogP contribution in [-0.4, -0.2) is 21.1 Å². The second-order valence-electron chi connectivity index (χ2n) is 5.70. The van der Waals surface area contributed by atoms with Crippen LogP contribution in [0.5, 0.6) is 11.5 Å². The predicted molar refractivity (Wildman–Crippen MR) is 88.6 cm³/mol. The molecule has 2 aromatic rings. The van der Waals surface area contributed by atoms with Crippen molar-refractivity contribution in [1.82, 2.24) is 0 Å². The van der Waals surface area contributed by atoms with Gasteiger partial charge in [-0.1, -0.05) is 0 Å². The van der Waals surface area contributed by atoms with E-state index in [0.717, 1.165) is 17.7 Å². The lowest BCUT2D eigenvalue weighted by molar-refractivity contribution is 0.254. The van der Waals surface area contributed by atoms with Gasteiger partial charge in [0.25, 0.3) is 10.0 Å². The van der Waals surface area contributed by atoms with E-state index in [9.17, 15) is 17.2 Å². The number of anilines is 1. The number of nitrogens with one attached hydrogen (secondary N) is 1. The van der Waals surface area contributed by atoms with Gasteiger partial charge in [0.2, 0.25) is 0 Å². The SMILES string of the molecule is CCOc1cc2c(cc1NS(=O)(=O)c1ccc(F)c(F)c1)O[C@@H](C)C2. The van der Waals surface area contributed by atoms with Crippen LogP contribution >= 0.6 is 0 Å². The molecule has 1 heterocycles. The summed E-state index contributed by atoms with van der Waals surface area (Å²) in [6.07, 6.45) is 0.688. The van der Waals surface area contributed by atoms with Crippen molar-refractivity contribution in [3.63, 3.8) is 0 Å². The molecule has 8 heteroatoms. The number of hydrogen-bond donors (Lipinski definition) is 1. The van der Waals surface area contributed by atoms with Crippen molar-refractivity contribution >= 4 is 15.7 Å². The molecule has 3 rings (SSSR count). The van der Waals surface area contributed by atoms with Crippen LogP contribution in [0.2, 0.25) is 0 Å². The number of benzene rings is 2. The van der Waals surface area contributed by atoms with Crippen molar-refractivity contribution in [3.8, 4) is 11.5 Å². The van der Waals surface area contributed by atoms with Crippen molar-refractivity contribution in [2.45, 2.75) is 31.3 Å². The van der Waals surface area contributed by atoms with E-state index in [1.807, 2.05) is 6.92 Å². The maximum atomic E-state index is 13.4. The first-order chi connectivity index (χ1) is 11.8. The summed E-state index contributed by atoms with van der Waals surface area (Å²) in [4.78, 5) is -0.386. The first kappa shape index (κ1) is 17.5. The lowest BCUT2D eigenvalue weighted by Gasteiger charge is -2.14. The maximum Gasteiger partial charge on any atom is 0.262 e. The third-order valence-electron chi connectivity index (χ3n) is 3.74. The molecule has 2 aromatic carbocycles. The van der Waals surface area contributed by atoms with Gasteiger partial charge < -0.3 is 9.47 Å². The number of ether oxygens (including phenoxy) is 2. The summed E-state index contributed by atoms with van der Waals surface area (Å²) in [6.45, 7) is 4.03. The zero-order valence-electron chi connectivity index (χ0n) is 13.7. The molecule has 134 valence electrons. The summed E-state index contributed by atoms with van der Waals surface area (Å²) in [5.41, 5.74) is 1.10. The summed E-state index contributed by atoms with van der Waals surface area (Å²) in [5, 5.41) is 0. The first-order valence-corrected chi connectivity index (χ1v) is 9.22. The minimum absolute atomic E-state index is 0.0115. The van der Waals surface area contributed by atoms with Crippen molar-refractivity contribution in [2.75, 3.05) is 11.3 Å². The third kappa shape index (κ3) is 3.53. The molecule has 0 bridgehead atoms. The largest absolute Gasteiger partial charge is 0.492 e. The molecule has 0 saturated carbocycles. The Kier molecular flexibility index (Phi) is 4.55. The van der Waals surface area contributed by atoms with Crippen molar-refractivity contribution < 1.29 is 26.7 Å². The van der Waals surface area contributed by atoms with Crippen LogP contribution in [-0.2, 0) is 16.4 Å². The van der Waals surface area contributed by atoms with Gasteiger partial charge in [-0.3, -0.25) is 4.72 Å². The van der Waals surface area contributed by atoms with Crippen LogP contribution in [0.4, 0.5) is 14.5 Å². The molecule has 0 unspecified atom stereocenters. The maximum absolute atomic E-state index is 13.4. The van der Waals surface area contributed by atoms with E-state index in [1.165, 1.54) is 0 Å². The number of halogens is 2. The Morgan fingerprint density at radius 2 is 2.00 bits per heavy atom. The zero-order valence-corrected chi connectivity index (χ0v) is 14.5. The average molecular weight is 369 g/mol. The third-order valence-corrected chi connectivity index (χ3v) is 5.11. The highest BCUT2D eigenvalue weighted by molar-refractivity contribution is 7.92. The highest BCUT2D eigenvalue weighted by Crippen LogP contribution is 2.38. The van der Waals surface area contributed by atoms with Crippen molar-refractivity contribution in [3.05, 3.63) is 47.5 Å². The number of fused-ring (bicyclic) bond motifs is 1. The Bertz CT molecular complexity index is 915. The molecular formula is C17H17F2NO4S. The Hall–Kier alpha value is -2.35. The smallest absolute Gasteiger partial charge is 0.262 e. The van der Waals surface area contributed by atoms with E-state index in [0.29, 0.717) is 30.6 Å². The van der Waals surface area contributed by atoms with Gasteiger partial charge in [0.05, 0.1) is 17.2 Å². The van der Waals surface area contributed by atoms with E-state index in [-0.39, 0.29) is 16.7 Å². The van der Waals surface area contributed by atoms with E-state index in [4.69, 9.17) is 9.47 Å². The van der Waals surface area contributed by atoms with Crippen molar-refractivity contribution in [1.29, 1.82) is 0 Å². The molecule has 0 amide bonds. The molecule has 1 N–H and O–H groups in total. The molecule has 0 spiro atoms. The van der Waals surface area contributed by atoms with E-state index < -0.39 is 21.7 Å². The van der Waals surface area contributed by atoms with Gasteiger partial charge in [-0.15, -0.1) is 0 Å².